The van der Waals surface area contributed by atoms with E-state index in [4.69, 9.17) is 5.73 Å². The third-order valence-corrected chi connectivity index (χ3v) is 2.47. The number of aryl methyl sites for hydroxylation is 1. The molecule has 0 fully saturated rings. The molecule has 1 heterocycles. The summed E-state index contributed by atoms with van der Waals surface area (Å²) in [5.74, 6) is 0. The number of rotatable bonds is 6. The van der Waals surface area contributed by atoms with Crippen molar-refractivity contribution in [1.82, 2.24) is 9.78 Å². The maximum absolute atomic E-state index is 5.67. The van der Waals surface area contributed by atoms with Gasteiger partial charge in [-0.3, -0.25) is 4.68 Å². The minimum atomic E-state index is 0.613. The Labute approximate surface area is 86.3 Å². The van der Waals surface area contributed by atoms with E-state index in [2.05, 4.69) is 23.6 Å². The molecule has 80 valence electrons. The van der Waals surface area contributed by atoms with Crippen molar-refractivity contribution in [3.63, 3.8) is 0 Å². The van der Waals surface area contributed by atoms with Gasteiger partial charge in [0.2, 0.25) is 0 Å². The Kier molecular flexibility index (Phi) is 4.66. The van der Waals surface area contributed by atoms with Crippen molar-refractivity contribution in [3.05, 3.63) is 17.5 Å². The lowest BCUT2D eigenvalue weighted by atomic mass is 10.1. The lowest BCUT2D eigenvalue weighted by molar-refractivity contribution is 0.544. The molecule has 3 nitrogen and oxygen atoms in total. The molecule has 2 N–H and O–H groups in total. The molecular weight excluding hydrogens is 174 g/mol. The fourth-order valence-corrected chi connectivity index (χ4v) is 1.65. The summed E-state index contributed by atoms with van der Waals surface area (Å²) in [6.07, 6.45) is 6.58. The van der Waals surface area contributed by atoms with Gasteiger partial charge in [0.15, 0.2) is 0 Å². The molecule has 0 unspecified atom stereocenters. The van der Waals surface area contributed by atoms with E-state index in [1.807, 2.05) is 6.20 Å². The number of nitrogens with zero attached hydrogens (tertiary/aromatic N) is 2. The molecule has 1 aromatic rings. The molecule has 0 aliphatic heterocycles. The van der Waals surface area contributed by atoms with Gasteiger partial charge in [0.1, 0.15) is 0 Å². The molecule has 0 spiro atoms. The fourth-order valence-electron chi connectivity index (χ4n) is 1.65. The number of aromatic nitrogens is 2. The highest BCUT2D eigenvalue weighted by Gasteiger charge is 2.07. The van der Waals surface area contributed by atoms with Crippen LogP contribution in [0.2, 0.25) is 0 Å². The van der Waals surface area contributed by atoms with E-state index in [0.717, 1.165) is 19.4 Å². The second-order valence-electron chi connectivity index (χ2n) is 3.65. The molecule has 0 bridgehead atoms. The molecule has 14 heavy (non-hydrogen) atoms. The Bertz CT molecular complexity index is 265. The highest BCUT2D eigenvalue weighted by atomic mass is 15.3. The van der Waals surface area contributed by atoms with Crippen molar-refractivity contribution in [2.24, 2.45) is 5.73 Å². The van der Waals surface area contributed by atoms with E-state index in [-0.39, 0.29) is 0 Å². The quantitative estimate of drug-likeness (QED) is 0.755. The van der Waals surface area contributed by atoms with Gasteiger partial charge in [-0.2, -0.15) is 5.10 Å². The van der Waals surface area contributed by atoms with Crippen LogP contribution in [0, 0.1) is 0 Å². The minimum Gasteiger partial charge on any atom is -0.326 e. The molecule has 0 aliphatic carbocycles. The largest absolute Gasteiger partial charge is 0.326 e. The zero-order valence-electron chi connectivity index (χ0n) is 9.29. The highest BCUT2D eigenvalue weighted by molar-refractivity contribution is 5.17. The predicted molar refractivity (Wildman–Crippen MR) is 59.0 cm³/mol. The summed E-state index contributed by atoms with van der Waals surface area (Å²) in [4.78, 5) is 0. The summed E-state index contributed by atoms with van der Waals surface area (Å²) >= 11 is 0. The summed E-state index contributed by atoms with van der Waals surface area (Å²) in [5, 5.41) is 4.38. The van der Waals surface area contributed by atoms with E-state index in [0.29, 0.717) is 6.54 Å². The Hall–Kier alpha value is -0.830. The van der Waals surface area contributed by atoms with E-state index in [1.165, 1.54) is 24.1 Å². The summed E-state index contributed by atoms with van der Waals surface area (Å²) in [7, 11) is 0. The van der Waals surface area contributed by atoms with E-state index in [1.54, 1.807) is 0 Å². The van der Waals surface area contributed by atoms with Crippen LogP contribution in [0.4, 0.5) is 0 Å². The van der Waals surface area contributed by atoms with Crippen LogP contribution < -0.4 is 5.73 Å². The topological polar surface area (TPSA) is 43.8 Å². The van der Waals surface area contributed by atoms with Crippen LogP contribution >= 0.6 is 0 Å². The highest BCUT2D eigenvalue weighted by Crippen LogP contribution is 2.11. The van der Waals surface area contributed by atoms with Crippen molar-refractivity contribution < 1.29 is 0 Å². The standard InChI is InChI=1S/C11H21N3/c1-3-5-7-14-11(6-4-2)10(8-12)9-13-14/h9H,3-8,12H2,1-2H3. The van der Waals surface area contributed by atoms with Crippen LogP contribution in [0.15, 0.2) is 6.20 Å². The van der Waals surface area contributed by atoms with Crippen molar-refractivity contribution in [2.75, 3.05) is 0 Å². The molecule has 3 heteroatoms. The van der Waals surface area contributed by atoms with E-state index in [9.17, 15) is 0 Å². The SMILES string of the molecule is CCCCn1ncc(CN)c1CCC. The molecule has 0 saturated heterocycles. The third-order valence-electron chi connectivity index (χ3n) is 2.47. The summed E-state index contributed by atoms with van der Waals surface area (Å²) in [5.41, 5.74) is 8.22. The summed E-state index contributed by atoms with van der Waals surface area (Å²) in [6.45, 7) is 6.04. The van der Waals surface area contributed by atoms with Crippen molar-refractivity contribution in [3.8, 4) is 0 Å². The van der Waals surface area contributed by atoms with Gasteiger partial charge >= 0.3 is 0 Å². The molecule has 0 atom stereocenters. The number of hydrogen-bond acceptors (Lipinski definition) is 2. The Balaban J connectivity index is 2.75. The molecular formula is C11H21N3. The maximum atomic E-state index is 5.67. The monoisotopic (exact) mass is 195 g/mol. The van der Waals surface area contributed by atoms with E-state index < -0.39 is 0 Å². The summed E-state index contributed by atoms with van der Waals surface area (Å²) < 4.78 is 2.12. The molecule has 0 amide bonds. The lowest BCUT2D eigenvalue weighted by Gasteiger charge is -2.07. The number of nitrogens with two attached hydrogens (primary N) is 1. The van der Waals surface area contributed by atoms with Crippen LogP contribution in [-0.2, 0) is 19.5 Å². The van der Waals surface area contributed by atoms with Gasteiger partial charge in [0.05, 0.1) is 6.20 Å². The number of hydrogen-bond donors (Lipinski definition) is 1. The van der Waals surface area contributed by atoms with Crippen molar-refractivity contribution in [2.45, 2.75) is 52.6 Å². The van der Waals surface area contributed by atoms with Gasteiger partial charge in [-0.05, 0) is 12.8 Å². The van der Waals surface area contributed by atoms with Gasteiger partial charge in [0, 0.05) is 24.3 Å². The smallest absolute Gasteiger partial charge is 0.0537 e. The molecule has 0 aromatic carbocycles. The first-order valence-corrected chi connectivity index (χ1v) is 5.57. The van der Waals surface area contributed by atoms with E-state index >= 15 is 0 Å². The maximum Gasteiger partial charge on any atom is 0.0537 e. The molecule has 0 radical (unpaired) electrons. The first kappa shape index (κ1) is 11.2. The first-order chi connectivity index (χ1) is 6.83. The predicted octanol–water partition coefficient (Wildman–Crippen LogP) is 2.09. The molecule has 1 aromatic heterocycles. The van der Waals surface area contributed by atoms with Crippen molar-refractivity contribution >= 4 is 0 Å². The average molecular weight is 195 g/mol. The van der Waals surface area contributed by atoms with Crippen LogP contribution in [0.5, 0.6) is 0 Å². The Morgan fingerprint density at radius 1 is 1.36 bits per heavy atom. The fraction of sp³-hybridized carbons (Fsp3) is 0.727. The third kappa shape index (κ3) is 2.58. The van der Waals surface area contributed by atoms with Crippen LogP contribution in [0.3, 0.4) is 0 Å². The van der Waals surface area contributed by atoms with Gasteiger partial charge in [-0.15, -0.1) is 0 Å². The first-order valence-electron chi connectivity index (χ1n) is 5.57. The second-order valence-corrected chi connectivity index (χ2v) is 3.65. The Morgan fingerprint density at radius 2 is 2.14 bits per heavy atom. The van der Waals surface area contributed by atoms with Crippen LogP contribution in [0.1, 0.15) is 44.4 Å². The summed E-state index contributed by atoms with van der Waals surface area (Å²) in [6, 6.07) is 0. The number of unbranched alkanes of at least 4 members (excludes halogenated alkanes) is 1. The molecule has 0 aliphatic rings. The van der Waals surface area contributed by atoms with Crippen molar-refractivity contribution in [1.29, 1.82) is 0 Å². The molecule has 1 rings (SSSR count). The zero-order valence-corrected chi connectivity index (χ0v) is 9.29. The Morgan fingerprint density at radius 3 is 2.71 bits per heavy atom. The van der Waals surface area contributed by atoms with Gasteiger partial charge < -0.3 is 5.73 Å². The second kappa shape index (κ2) is 5.81. The average Bonchev–Trinajstić information content (AvgIpc) is 2.58. The van der Waals surface area contributed by atoms with Crippen LogP contribution in [-0.4, -0.2) is 9.78 Å². The minimum absolute atomic E-state index is 0.613. The van der Waals surface area contributed by atoms with Gasteiger partial charge in [-0.1, -0.05) is 26.7 Å². The van der Waals surface area contributed by atoms with Gasteiger partial charge in [-0.25, -0.2) is 0 Å². The van der Waals surface area contributed by atoms with Crippen LogP contribution in [0.25, 0.3) is 0 Å². The molecule has 0 saturated carbocycles. The normalized spacial score (nSPS) is 10.8. The van der Waals surface area contributed by atoms with Gasteiger partial charge in [0.25, 0.3) is 0 Å². The zero-order chi connectivity index (χ0) is 10.4. The lowest BCUT2D eigenvalue weighted by Crippen LogP contribution is -2.07.